The van der Waals surface area contributed by atoms with Crippen molar-refractivity contribution in [1.29, 1.82) is 0 Å². The molecule has 8 rings (SSSR count). The molecule has 0 fully saturated rings. The minimum Gasteiger partial charge on any atom is -0.457 e. The number of nitrogens with zero attached hydrogens (tertiary/aromatic N) is 6. The summed E-state index contributed by atoms with van der Waals surface area (Å²) in [4.78, 5) is 97.0. The molecular weight excluding hydrogens is 816 g/mol. The van der Waals surface area contributed by atoms with Gasteiger partial charge in [-0.05, 0) is 70.0 Å². The SMILES string of the molecule is CC[C@@]1(OC(=O)CO/N=C2/c3cc([N+](=O)[O-])cc(C)c3-c3c2cc([N+](=O)[O-])cc3[N+](=O)[O-])C(=O)OCc2c1cc1n(c2=O)Cc2cc3cc(OC(=O)OC(C)(C)C)ccc3nc2-1. The maximum atomic E-state index is 14.1. The number of carbonyl (C=O) groups is 3. The van der Waals surface area contributed by atoms with Gasteiger partial charge in [0.2, 0.25) is 12.2 Å². The highest BCUT2D eigenvalue weighted by Crippen LogP contribution is 2.48. The zero-order chi connectivity index (χ0) is 44.6. The highest BCUT2D eigenvalue weighted by molar-refractivity contribution is 6.26. The van der Waals surface area contributed by atoms with E-state index in [1.807, 2.05) is 0 Å². The molecule has 0 radical (unpaired) electrons. The summed E-state index contributed by atoms with van der Waals surface area (Å²) in [5, 5.41) is 40.3. The first-order valence-electron chi connectivity index (χ1n) is 18.8. The normalized spacial score (nSPS) is 16.3. The molecule has 4 heterocycles. The number of carbonyl (C=O) groups excluding carboxylic acids is 3. The van der Waals surface area contributed by atoms with Gasteiger partial charge in [0, 0.05) is 51.4 Å². The van der Waals surface area contributed by atoms with Gasteiger partial charge < -0.3 is 28.4 Å². The lowest BCUT2D eigenvalue weighted by Gasteiger charge is -2.35. The van der Waals surface area contributed by atoms with Crippen LogP contribution in [0, 0.1) is 37.3 Å². The van der Waals surface area contributed by atoms with Crippen LogP contribution in [0.5, 0.6) is 5.75 Å². The molecule has 2 aliphatic heterocycles. The maximum absolute atomic E-state index is 14.1. The van der Waals surface area contributed by atoms with E-state index in [0.29, 0.717) is 27.9 Å². The van der Waals surface area contributed by atoms with Crippen LogP contribution in [-0.2, 0) is 47.4 Å². The van der Waals surface area contributed by atoms with E-state index in [4.69, 9.17) is 28.8 Å². The van der Waals surface area contributed by atoms with E-state index in [0.717, 1.165) is 18.2 Å². The summed E-state index contributed by atoms with van der Waals surface area (Å²) in [6, 6.07) is 12.1. The van der Waals surface area contributed by atoms with Crippen LogP contribution in [0.25, 0.3) is 33.4 Å². The molecule has 2 aromatic heterocycles. The number of nitro benzene ring substituents is 3. The van der Waals surface area contributed by atoms with Gasteiger partial charge in [-0.1, -0.05) is 12.1 Å². The number of pyridine rings is 2. The van der Waals surface area contributed by atoms with Gasteiger partial charge in [0.05, 0.1) is 55.4 Å². The topological polar surface area (TPSA) is 274 Å². The van der Waals surface area contributed by atoms with E-state index in [-0.39, 0.29) is 63.4 Å². The second kappa shape index (κ2) is 14.6. The summed E-state index contributed by atoms with van der Waals surface area (Å²) in [7, 11) is 0. The van der Waals surface area contributed by atoms with Crippen LogP contribution in [0.4, 0.5) is 21.9 Å². The van der Waals surface area contributed by atoms with Gasteiger partial charge in [0.15, 0.2) is 0 Å². The van der Waals surface area contributed by atoms with Gasteiger partial charge in [-0.3, -0.25) is 35.1 Å². The Hall–Kier alpha value is -8.10. The smallest absolute Gasteiger partial charge is 0.457 e. The predicted octanol–water partition coefficient (Wildman–Crippen LogP) is 6.43. The Morgan fingerprint density at radius 3 is 2.29 bits per heavy atom. The number of hydrogen-bond donors (Lipinski definition) is 0. The van der Waals surface area contributed by atoms with Gasteiger partial charge in [-0.15, -0.1) is 0 Å². The number of non-ortho nitro benzene ring substituents is 2. The summed E-state index contributed by atoms with van der Waals surface area (Å²) in [5.74, 6) is -1.93. The first-order valence-corrected chi connectivity index (χ1v) is 18.8. The zero-order valence-electron chi connectivity index (χ0n) is 33.3. The third-order valence-corrected chi connectivity index (χ3v) is 10.5. The number of esters is 2. The quantitative estimate of drug-likeness (QED) is 0.0497. The third-order valence-electron chi connectivity index (χ3n) is 10.5. The fourth-order valence-corrected chi connectivity index (χ4v) is 7.87. The van der Waals surface area contributed by atoms with Crippen LogP contribution >= 0.6 is 0 Å². The van der Waals surface area contributed by atoms with Crippen LogP contribution < -0.4 is 10.3 Å². The molecule has 0 saturated heterocycles. The Morgan fingerprint density at radius 2 is 1.63 bits per heavy atom. The number of aryl methyl sites for hydroxylation is 1. The number of benzene rings is 3. The lowest BCUT2D eigenvalue weighted by Crippen LogP contribution is -2.48. The monoisotopic (exact) mass is 848 g/mol. The molecule has 0 amide bonds. The molecule has 3 aromatic carbocycles. The number of hydrogen-bond acceptors (Lipinski definition) is 17. The number of cyclic esters (lactones) is 1. The summed E-state index contributed by atoms with van der Waals surface area (Å²) >= 11 is 0. The van der Waals surface area contributed by atoms with Crippen molar-refractivity contribution >= 4 is 51.8 Å². The van der Waals surface area contributed by atoms with Crippen molar-refractivity contribution in [3.63, 3.8) is 0 Å². The summed E-state index contributed by atoms with van der Waals surface area (Å²) in [5.41, 5.74) is -3.38. The minimum atomic E-state index is -2.14. The minimum absolute atomic E-state index is 0.0240. The van der Waals surface area contributed by atoms with Crippen molar-refractivity contribution in [2.75, 3.05) is 6.61 Å². The number of oxime groups is 1. The molecule has 3 aliphatic rings. The molecule has 0 saturated carbocycles. The number of rotatable bonds is 9. The molecule has 316 valence electrons. The lowest BCUT2D eigenvalue weighted by atomic mass is 9.85. The van der Waals surface area contributed by atoms with Crippen molar-refractivity contribution in [1.82, 2.24) is 9.55 Å². The van der Waals surface area contributed by atoms with Crippen LogP contribution in [0.3, 0.4) is 0 Å². The Balaban J connectivity index is 1.11. The first kappa shape index (κ1) is 40.7. The molecule has 5 aromatic rings. The van der Waals surface area contributed by atoms with Gasteiger partial charge in [0.25, 0.3) is 22.6 Å². The summed E-state index contributed by atoms with van der Waals surface area (Å²) in [6.07, 6.45) is -1.08. The Labute approximate surface area is 347 Å². The second-order valence-electron chi connectivity index (χ2n) is 15.5. The Morgan fingerprint density at radius 1 is 0.935 bits per heavy atom. The molecule has 1 aliphatic carbocycles. The molecule has 0 bridgehead atoms. The molecule has 21 heteroatoms. The highest BCUT2D eigenvalue weighted by atomic mass is 16.7. The van der Waals surface area contributed by atoms with Crippen LogP contribution in [-0.4, -0.2) is 60.3 Å². The van der Waals surface area contributed by atoms with E-state index < -0.39 is 79.9 Å². The van der Waals surface area contributed by atoms with E-state index in [9.17, 15) is 49.5 Å². The van der Waals surface area contributed by atoms with Gasteiger partial charge in [-0.25, -0.2) is 19.4 Å². The second-order valence-corrected chi connectivity index (χ2v) is 15.5. The molecule has 0 N–H and O–H groups in total. The van der Waals surface area contributed by atoms with E-state index in [1.165, 1.54) is 30.5 Å². The van der Waals surface area contributed by atoms with Crippen LogP contribution in [0.2, 0.25) is 0 Å². The molecule has 1 atom stereocenters. The van der Waals surface area contributed by atoms with E-state index in [2.05, 4.69) is 5.16 Å². The number of aromatic nitrogens is 2. The predicted molar refractivity (Wildman–Crippen MR) is 213 cm³/mol. The lowest BCUT2D eigenvalue weighted by molar-refractivity contribution is -0.393. The van der Waals surface area contributed by atoms with Gasteiger partial charge >= 0.3 is 18.1 Å². The Bertz CT molecular complexity index is 2990. The van der Waals surface area contributed by atoms with Crippen LogP contribution in [0.15, 0.2) is 64.5 Å². The third kappa shape index (κ3) is 6.77. The summed E-state index contributed by atoms with van der Waals surface area (Å²) < 4.78 is 23.2. The molecule has 0 spiro atoms. The average Bonchev–Trinajstić information content (AvgIpc) is 3.72. The molecule has 0 unspecified atom stereocenters. The average molecular weight is 849 g/mol. The number of nitro groups is 3. The van der Waals surface area contributed by atoms with Crippen molar-refractivity contribution < 1.29 is 52.9 Å². The highest BCUT2D eigenvalue weighted by Gasteiger charge is 2.50. The van der Waals surface area contributed by atoms with Crippen molar-refractivity contribution in [2.45, 2.75) is 65.4 Å². The van der Waals surface area contributed by atoms with E-state index >= 15 is 0 Å². The molecular formula is C41H32N6O15. The Kier molecular flexibility index (Phi) is 9.56. The number of fused-ring (bicyclic) bond motifs is 8. The van der Waals surface area contributed by atoms with Crippen LogP contribution in [0.1, 0.15) is 67.5 Å². The van der Waals surface area contributed by atoms with Crippen molar-refractivity contribution in [2.24, 2.45) is 5.16 Å². The van der Waals surface area contributed by atoms with Crippen molar-refractivity contribution in [3.8, 4) is 28.3 Å². The summed E-state index contributed by atoms with van der Waals surface area (Å²) in [6.45, 7) is 6.79. The fourth-order valence-electron chi connectivity index (χ4n) is 7.87. The van der Waals surface area contributed by atoms with E-state index in [1.54, 1.807) is 45.0 Å². The first-order chi connectivity index (χ1) is 29.3. The van der Waals surface area contributed by atoms with Gasteiger partial charge in [-0.2, -0.15) is 0 Å². The van der Waals surface area contributed by atoms with Gasteiger partial charge in [0.1, 0.15) is 23.7 Å². The largest absolute Gasteiger partial charge is 0.514 e. The van der Waals surface area contributed by atoms with Crippen molar-refractivity contribution in [3.05, 3.63) is 129 Å². The molecule has 21 nitrogen and oxygen atoms in total. The maximum Gasteiger partial charge on any atom is 0.514 e. The molecule has 62 heavy (non-hydrogen) atoms. The fraction of sp³-hybridized carbons (Fsp3) is 0.268. The standard InChI is InChI=1S/C41H32N6O15/c1-6-41(61-32(48)18-59-43-36-25-12-22(45(52)53)9-19(2)33(25)34-26(36)13-23(46(54)55)14-30(34)47(56)57)28-15-31-35-21(16-44(31)37(49)27(28)17-58-38(41)50)10-20-11-24(7-8-29(20)42-35)60-39(51)62-40(3,4)5/h7-15H,6,16-18H2,1-5H3/b43-36-/t41-/m0/s1. The zero-order valence-corrected chi connectivity index (χ0v) is 33.3. The number of ether oxygens (including phenoxy) is 4.